The number of carbonyl (C=O) groups is 1. The van der Waals surface area contributed by atoms with Gasteiger partial charge in [0.05, 0.1) is 5.75 Å². The van der Waals surface area contributed by atoms with Crippen LogP contribution in [0.2, 0.25) is 0 Å². The summed E-state index contributed by atoms with van der Waals surface area (Å²) >= 11 is 0. The molecular formula is C18H19F2N3O4S. The van der Waals surface area contributed by atoms with Crippen molar-refractivity contribution in [3.05, 3.63) is 53.2 Å². The minimum absolute atomic E-state index is 0.0433. The van der Waals surface area contributed by atoms with Gasteiger partial charge in [0.25, 0.3) is 0 Å². The predicted molar refractivity (Wildman–Crippen MR) is 97.7 cm³/mol. The Morgan fingerprint density at radius 1 is 1.29 bits per heavy atom. The molecule has 0 saturated carbocycles. The molecule has 2 N–H and O–H groups in total. The van der Waals surface area contributed by atoms with Crippen LogP contribution < -0.4 is 5.73 Å². The van der Waals surface area contributed by atoms with Crippen molar-refractivity contribution >= 4 is 21.5 Å². The molecule has 0 aliphatic carbocycles. The van der Waals surface area contributed by atoms with Crippen molar-refractivity contribution in [2.24, 2.45) is 10.7 Å². The molecule has 0 unspecified atom stereocenters. The minimum atomic E-state index is -3.80. The summed E-state index contributed by atoms with van der Waals surface area (Å²) in [7, 11) is -3.80. The first-order chi connectivity index (χ1) is 12.9. The first kappa shape index (κ1) is 20.1. The standard InChI is InChI=1S/C18H19F2N3O4S/c1-17(2)16(21)23-18(3,8-28(17,25)26)11-4-10(5-12(19)15(11)20)6-14(24)13-7-27-9-22-13/h4-5,7,9H,6,8H2,1-3H3,(H2,21,23)/t18-/m0/s1. The number of aliphatic imine (C=N–C) groups is 1. The maximum Gasteiger partial charge on any atom is 0.188 e. The molecule has 1 aromatic heterocycles. The first-order valence-electron chi connectivity index (χ1n) is 8.35. The highest BCUT2D eigenvalue weighted by Gasteiger charge is 2.49. The summed E-state index contributed by atoms with van der Waals surface area (Å²) in [4.78, 5) is 20.1. The van der Waals surface area contributed by atoms with Gasteiger partial charge in [-0.05, 0) is 38.5 Å². The highest BCUT2D eigenvalue weighted by molar-refractivity contribution is 7.93. The van der Waals surface area contributed by atoms with Gasteiger partial charge in [0, 0.05) is 12.0 Å². The molecule has 1 aliphatic heterocycles. The Hall–Kier alpha value is -2.62. The Labute approximate surface area is 160 Å². The third-order valence-corrected chi connectivity index (χ3v) is 7.69. The molecule has 2 aromatic rings. The van der Waals surface area contributed by atoms with Crippen molar-refractivity contribution in [3.63, 3.8) is 0 Å². The quantitative estimate of drug-likeness (QED) is 0.771. The van der Waals surface area contributed by atoms with Gasteiger partial charge in [0.15, 0.2) is 33.6 Å². The van der Waals surface area contributed by atoms with E-state index in [2.05, 4.69) is 9.98 Å². The van der Waals surface area contributed by atoms with Gasteiger partial charge in [-0.1, -0.05) is 0 Å². The van der Waals surface area contributed by atoms with Gasteiger partial charge in [-0.15, -0.1) is 0 Å². The van der Waals surface area contributed by atoms with Gasteiger partial charge in [-0.2, -0.15) is 0 Å². The number of carbonyl (C=O) groups excluding carboxylic acids is 1. The number of nitrogens with two attached hydrogens (primary N) is 1. The van der Waals surface area contributed by atoms with E-state index in [0.717, 1.165) is 18.7 Å². The smallest absolute Gasteiger partial charge is 0.188 e. The molecule has 10 heteroatoms. The number of oxazole rings is 1. The normalized spacial score (nSPS) is 23.2. The van der Waals surface area contributed by atoms with Crippen molar-refractivity contribution in [2.75, 3.05) is 5.75 Å². The van der Waals surface area contributed by atoms with Crippen LogP contribution in [0.25, 0.3) is 0 Å². The molecule has 0 bridgehead atoms. The molecule has 150 valence electrons. The molecule has 28 heavy (non-hydrogen) atoms. The number of Topliss-reactive ketones (excluding diaryl/α,β-unsaturated/α-hetero) is 1. The van der Waals surface area contributed by atoms with E-state index in [1.807, 2.05) is 0 Å². The second-order valence-electron chi connectivity index (χ2n) is 7.45. The van der Waals surface area contributed by atoms with Crippen molar-refractivity contribution < 1.29 is 26.4 Å². The van der Waals surface area contributed by atoms with Crippen LogP contribution in [-0.4, -0.2) is 35.5 Å². The summed E-state index contributed by atoms with van der Waals surface area (Å²) < 4.78 is 57.5. The average Bonchev–Trinajstić information content (AvgIpc) is 3.10. The Morgan fingerprint density at radius 2 is 1.96 bits per heavy atom. The zero-order valence-electron chi connectivity index (χ0n) is 15.5. The monoisotopic (exact) mass is 411 g/mol. The average molecular weight is 411 g/mol. The summed E-state index contributed by atoms with van der Waals surface area (Å²) in [5.41, 5.74) is 4.14. The maximum absolute atomic E-state index is 14.6. The fraction of sp³-hybridized carbons (Fsp3) is 0.389. The molecule has 0 spiro atoms. The highest BCUT2D eigenvalue weighted by atomic mass is 32.2. The van der Waals surface area contributed by atoms with Crippen LogP contribution in [0.4, 0.5) is 8.78 Å². The fourth-order valence-electron chi connectivity index (χ4n) is 3.05. The second kappa shape index (κ2) is 6.47. The van der Waals surface area contributed by atoms with E-state index in [-0.39, 0.29) is 29.1 Å². The second-order valence-corrected chi connectivity index (χ2v) is 9.99. The number of nitrogens with zero attached hydrogens (tertiary/aromatic N) is 2. The van der Waals surface area contributed by atoms with Crippen molar-refractivity contribution in [1.82, 2.24) is 4.98 Å². The Morgan fingerprint density at radius 3 is 2.54 bits per heavy atom. The molecule has 7 nitrogen and oxygen atoms in total. The van der Waals surface area contributed by atoms with E-state index in [0.29, 0.717) is 0 Å². The summed E-state index contributed by atoms with van der Waals surface area (Å²) in [6.07, 6.45) is 1.95. The molecular weight excluding hydrogens is 392 g/mol. The zero-order chi connectivity index (χ0) is 20.9. The van der Waals surface area contributed by atoms with E-state index in [1.165, 1.54) is 26.8 Å². The van der Waals surface area contributed by atoms with Gasteiger partial charge >= 0.3 is 0 Å². The van der Waals surface area contributed by atoms with Crippen LogP contribution in [0.3, 0.4) is 0 Å². The lowest BCUT2D eigenvalue weighted by atomic mass is 9.90. The Kier molecular flexibility index (Phi) is 4.65. The fourth-order valence-corrected chi connectivity index (χ4v) is 4.73. The van der Waals surface area contributed by atoms with Gasteiger partial charge in [-0.3, -0.25) is 9.79 Å². The number of halogens is 2. The van der Waals surface area contributed by atoms with Crippen molar-refractivity contribution in [2.45, 2.75) is 37.5 Å². The maximum atomic E-state index is 14.6. The van der Waals surface area contributed by atoms with Gasteiger partial charge in [0.2, 0.25) is 0 Å². The molecule has 0 fully saturated rings. The van der Waals surface area contributed by atoms with Crippen molar-refractivity contribution in [1.29, 1.82) is 0 Å². The highest BCUT2D eigenvalue weighted by Crippen LogP contribution is 2.38. The van der Waals surface area contributed by atoms with Crippen LogP contribution in [0.15, 0.2) is 34.2 Å². The van der Waals surface area contributed by atoms with Gasteiger partial charge in [-0.25, -0.2) is 22.2 Å². The molecule has 1 atom stereocenters. The van der Waals surface area contributed by atoms with E-state index in [1.54, 1.807) is 0 Å². The van der Waals surface area contributed by atoms with E-state index in [4.69, 9.17) is 10.2 Å². The lowest BCUT2D eigenvalue weighted by Gasteiger charge is -2.38. The van der Waals surface area contributed by atoms with E-state index in [9.17, 15) is 22.0 Å². The third-order valence-electron chi connectivity index (χ3n) is 4.98. The lowest BCUT2D eigenvalue weighted by Crippen LogP contribution is -2.55. The minimum Gasteiger partial charge on any atom is -0.451 e. The van der Waals surface area contributed by atoms with E-state index >= 15 is 0 Å². The number of hydrogen-bond donors (Lipinski definition) is 1. The van der Waals surface area contributed by atoms with Gasteiger partial charge in [0.1, 0.15) is 28.1 Å². The topological polar surface area (TPSA) is 116 Å². The van der Waals surface area contributed by atoms with Crippen LogP contribution in [-0.2, 0) is 21.8 Å². The number of sulfone groups is 1. The van der Waals surface area contributed by atoms with Crippen LogP contribution in [0.5, 0.6) is 0 Å². The molecule has 0 radical (unpaired) electrons. The summed E-state index contributed by atoms with van der Waals surface area (Å²) in [6, 6.07) is 2.12. The predicted octanol–water partition coefficient (Wildman–Crippen LogP) is 2.16. The molecule has 2 heterocycles. The SMILES string of the molecule is CC1(C)C(N)=N[C@](C)(c2cc(CC(=O)c3cocn3)cc(F)c2F)CS1(=O)=O. The Balaban J connectivity index is 2.08. The van der Waals surface area contributed by atoms with Crippen molar-refractivity contribution in [3.8, 4) is 0 Å². The number of ketones is 1. The summed E-state index contributed by atoms with van der Waals surface area (Å²) in [5.74, 6) is -3.64. The number of benzene rings is 1. The largest absolute Gasteiger partial charge is 0.451 e. The Bertz CT molecular complexity index is 1080. The third kappa shape index (κ3) is 3.21. The first-order valence-corrected chi connectivity index (χ1v) is 10.0. The zero-order valence-corrected chi connectivity index (χ0v) is 16.3. The summed E-state index contributed by atoms with van der Waals surface area (Å²) in [6.45, 7) is 4.18. The van der Waals surface area contributed by atoms with Crippen LogP contribution in [0.1, 0.15) is 42.4 Å². The number of rotatable bonds is 4. The van der Waals surface area contributed by atoms with E-state index < -0.39 is 43.3 Å². The molecule has 1 aromatic carbocycles. The summed E-state index contributed by atoms with van der Waals surface area (Å²) in [5, 5.41) is 0. The van der Waals surface area contributed by atoms with Crippen LogP contribution in [0, 0.1) is 11.6 Å². The molecule has 1 aliphatic rings. The number of amidine groups is 1. The van der Waals surface area contributed by atoms with Crippen LogP contribution >= 0.6 is 0 Å². The molecule has 0 amide bonds. The lowest BCUT2D eigenvalue weighted by molar-refractivity contribution is 0.0988. The van der Waals surface area contributed by atoms with Gasteiger partial charge < -0.3 is 10.2 Å². The number of hydrogen-bond acceptors (Lipinski definition) is 7. The number of aromatic nitrogens is 1. The molecule has 3 rings (SSSR count). The molecule has 0 saturated heterocycles.